The van der Waals surface area contributed by atoms with Crippen LogP contribution in [-0.4, -0.2) is 11.9 Å². The van der Waals surface area contributed by atoms with Crippen molar-refractivity contribution in [1.82, 2.24) is 0 Å². The number of esters is 2. The summed E-state index contributed by atoms with van der Waals surface area (Å²) >= 11 is 0. The van der Waals surface area contributed by atoms with E-state index in [1.54, 1.807) is 24.3 Å². The zero-order valence-corrected chi connectivity index (χ0v) is 11.4. The Balaban J connectivity index is 3.83. The van der Waals surface area contributed by atoms with Crippen LogP contribution in [0.5, 0.6) is 0 Å². The van der Waals surface area contributed by atoms with Gasteiger partial charge in [0.15, 0.2) is 0 Å². The Morgan fingerprint density at radius 1 is 0.789 bits per heavy atom. The molecule has 0 saturated carbocycles. The first-order valence-corrected chi connectivity index (χ1v) is 6.23. The molecule has 0 radical (unpaired) electrons. The van der Waals surface area contributed by atoms with Gasteiger partial charge in [0.25, 0.3) is 0 Å². The Hall–Kier alpha value is -2.10. The summed E-state index contributed by atoms with van der Waals surface area (Å²) in [6, 6.07) is 0. The lowest BCUT2D eigenvalue weighted by Crippen LogP contribution is -2.09. The standard InChI is InChI=1S/C15H20O4/c1-3-5-7-9-11-18-14(16)13-15(17)19-12-10-8-6-4-2/h5-12H,3-4,13H2,1-2H3/b7-5+,8-6+,11-9+,12-10+. The summed E-state index contributed by atoms with van der Waals surface area (Å²) < 4.78 is 9.39. The fourth-order valence-corrected chi connectivity index (χ4v) is 0.952. The Labute approximate surface area is 114 Å². The van der Waals surface area contributed by atoms with Crippen LogP contribution in [0.25, 0.3) is 0 Å². The Bertz CT molecular complexity index is 340. The van der Waals surface area contributed by atoms with Crippen LogP contribution < -0.4 is 0 Å². The molecule has 19 heavy (non-hydrogen) atoms. The molecule has 4 nitrogen and oxygen atoms in total. The van der Waals surface area contributed by atoms with E-state index >= 15 is 0 Å². The van der Waals surface area contributed by atoms with Crippen molar-refractivity contribution in [3.63, 3.8) is 0 Å². The SMILES string of the molecule is CC/C=C/C=C/OC(=O)CC(=O)O/C=C/C=C/CC. The van der Waals surface area contributed by atoms with E-state index in [1.807, 2.05) is 26.0 Å². The molecule has 0 unspecified atom stereocenters. The first-order valence-electron chi connectivity index (χ1n) is 6.23. The van der Waals surface area contributed by atoms with Gasteiger partial charge in [0.1, 0.15) is 6.42 Å². The lowest BCUT2D eigenvalue weighted by atomic mass is 10.4. The summed E-state index contributed by atoms with van der Waals surface area (Å²) in [7, 11) is 0. The molecule has 0 rings (SSSR count). The van der Waals surface area contributed by atoms with E-state index in [2.05, 4.69) is 0 Å². The normalized spacial score (nSPS) is 11.9. The van der Waals surface area contributed by atoms with Crippen molar-refractivity contribution in [2.24, 2.45) is 0 Å². The molecule has 0 fully saturated rings. The molecule has 0 aromatic carbocycles. The molecule has 0 bridgehead atoms. The maximum atomic E-state index is 11.2. The maximum absolute atomic E-state index is 11.2. The Morgan fingerprint density at radius 2 is 1.21 bits per heavy atom. The zero-order chi connectivity index (χ0) is 14.3. The van der Waals surface area contributed by atoms with Gasteiger partial charge >= 0.3 is 11.9 Å². The Kier molecular flexibility index (Phi) is 11.0. The van der Waals surface area contributed by atoms with E-state index in [0.717, 1.165) is 12.8 Å². The van der Waals surface area contributed by atoms with E-state index in [-0.39, 0.29) is 0 Å². The number of carbonyl (C=O) groups excluding carboxylic acids is 2. The van der Waals surface area contributed by atoms with E-state index in [1.165, 1.54) is 12.5 Å². The molecule has 0 aromatic rings. The second-order valence-corrected chi connectivity index (χ2v) is 3.49. The van der Waals surface area contributed by atoms with Gasteiger partial charge in [-0.15, -0.1) is 0 Å². The van der Waals surface area contributed by atoms with Gasteiger partial charge in [0, 0.05) is 0 Å². The zero-order valence-electron chi connectivity index (χ0n) is 11.4. The van der Waals surface area contributed by atoms with Gasteiger partial charge in [-0.05, 0) is 25.0 Å². The average Bonchev–Trinajstić information content (AvgIpc) is 2.38. The van der Waals surface area contributed by atoms with E-state index < -0.39 is 18.4 Å². The molecule has 0 aromatic heterocycles. The van der Waals surface area contributed by atoms with Crippen molar-refractivity contribution in [3.8, 4) is 0 Å². The van der Waals surface area contributed by atoms with Gasteiger partial charge < -0.3 is 9.47 Å². The minimum Gasteiger partial charge on any atom is -0.434 e. The summed E-state index contributed by atoms with van der Waals surface area (Å²) in [5.41, 5.74) is 0. The molecule has 0 amide bonds. The third kappa shape index (κ3) is 12.2. The number of hydrogen-bond acceptors (Lipinski definition) is 4. The topological polar surface area (TPSA) is 52.6 Å². The number of allylic oxidation sites excluding steroid dienone is 6. The van der Waals surface area contributed by atoms with Crippen molar-refractivity contribution in [1.29, 1.82) is 0 Å². The lowest BCUT2D eigenvalue weighted by molar-refractivity contribution is -0.148. The predicted molar refractivity (Wildman–Crippen MR) is 73.9 cm³/mol. The van der Waals surface area contributed by atoms with Crippen molar-refractivity contribution in [2.45, 2.75) is 33.1 Å². The lowest BCUT2D eigenvalue weighted by Gasteiger charge is -1.97. The van der Waals surface area contributed by atoms with E-state index in [0.29, 0.717) is 0 Å². The van der Waals surface area contributed by atoms with Crippen LogP contribution in [0.2, 0.25) is 0 Å². The van der Waals surface area contributed by atoms with Crippen molar-refractivity contribution in [2.75, 3.05) is 0 Å². The summed E-state index contributed by atoms with van der Waals surface area (Å²) in [4.78, 5) is 22.4. The van der Waals surface area contributed by atoms with Crippen LogP contribution in [0.1, 0.15) is 33.1 Å². The van der Waals surface area contributed by atoms with Crippen molar-refractivity contribution in [3.05, 3.63) is 49.0 Å². The summed E-state index contributed by atoms with van der Waals surface area (Å²) in [6.07, 6.45) is 14.4. The molecule has 0 aliphatic carbocycles. The van der Waals surface area contributed by atoms with E-state index in [4.69, 9.17) is 9.47 Å². The highest BCUT2D eigenvalue weighted by Gasteiger charge is 2.09. The second kappa shape index (κ2) is 12.4. The highest BCUT2D eigenvalue weighted by atomic mass is 16.5. The highest BCUT2D eigenvalue weighted by molar-refractivity contribution is 5.91. The van der Waals surface area contributed by atoms with Crippen LogP contribution in [-0.2, 0) is 19.1 Å². The van der Waals surface area contributed by atoms with Gasteiger partial charge in [0.05, 0.1) is 12.5 Å². The molecule has 0 spiro atoms. The third-order valence-corrected chi connectivity index (χ3v) is 1.81. The molecule has 104 valence electrons. The smallest absolute Gasteiger partial charge is 0.321 e. The first-order chi connectivity index (χ1) is 9.20. The number of ether oxygens (including phenoxy) is 2. The first kappa shape index (κ1) is 16.9. The van der Waals surface area contributed by atoms with Gasteiger partial charge in [-0.25, -0.2) is 0 Å². The molecule has 0 atom stereocenters. The summed E-state index contributed by atoms with van der Waals surface area (Å²) in [6.45, 7) is 3.99. The van der Waals surface area contributed by atoms with Crippen molar-refractivity contribution >= 4 is 11.9 Å². The monoisotopic (exact) mass is 264 g/mol. The molecule has 4 heteroatoms. The molecule has 0 saturated heterocycles. The van der Waals surface area contributed by atoms with Crippen LogP contribution in [0.4, 0.5) is 0 Å². The number of carbonyl (C=O) groups is 2. The highest BCUT2D eigenvalue weighted by Crippen LogP contribution is 1.94. The molecule has 0 aliphatic heterocycles. The van der Waals surface area contributed by atoms with Gasteiger partial charge in [-0.1, -0.05) is 38.2 Å². The van der Waals surface area contributed by atoms with Crippen LogP contribution in [0.3, 0.4) is 0 Å². The van der Waals surface area contributed by atoms with Crippen LogP contribution in [0.15, 0.2) is 49.0 Å². The van der Waals surface area contributed by atoms with Gasteiger partial charge in [-0.2, -0.15) is 0 Å². The molecular formula is C15H20O4. The van der Waals surface area contributed by atoms with Crippen LogP contribution in [0, 0.1) is 0 Å². The molecule has 0 heterocycles. The van der Waals surface area contributed by atoms with E-state index in [9.17, 15) is 9.59 Å². The average molecular weight is 264 g/mol. The predicted octanol–water partition coefficient (Wildman–Crippen LogP) is 3.42. The summed E-state index contributed by atoms with van der Waals surface area (Å²) in [5, 5.41) is 0. The maximum Gasteiger partial charge on any atom is 0.321 e. The number of hydrogen-bond donors (Lipinski definition) is 0. The minimum absolute atomic E-state index is 0.413. The van der Waals surface area contributed by atoms with Crippen LogP contribution >= 0.6 is 0 Å². The Morgan fingerprint density at radius 3 is 1.58 bits per heavy atom. The fourth-order valence-electron chi connectivity index (χ4n) is 0.952. The molecule has 0 aliphatic rings. The fraction of sp³-hybridized carbons (Fsp3) is 0.333. The largest absolute Gasteiger partial charge is 0.434 e. The van der Waals surface area contributed by atoms with Crippen molar-refractivity contribution < 1.29 is 19.1 Å². The quantitative estimate of drug-likeness (QED) is 0.292. The minimum atomic E-state index is -0.649. The molecular weight excluding hydrogens is 244 g/mol. The second-order valence-electron chi connectivity index (χ2n) is 3.49. The number of rotatable bonds is 8. The third-order valence-electron chi connectivity index (χ3n) is 1.81. The summed E-state index contributed by atoms with van der Waals surface area (Å²) in [5.74, 6) is -1.30. The van der Waals surface area contributed by atoms with Gasteiger partial charge in [0.2, 0.25) is 0 Å². The van der Waals surface area contributed by atoms with Gasteiger partial charge in [-0.3, -0.25) is 9.59 Å². The molecule has 0 N–H and O–H groups in total.